The first-order valence-electron chi connectivity index (χ1n) is 16.1. The average molecular weight is 656 g/mol. The van der Waals surface area contributed by atoms with Gasteiger partial charge in [0.1, 0.15) is 30.2 Å². The zero-order valence-electron chi connectivity index (χ0n) is 26.9. The molecular weight excluding hydrogens is 614 g/mol. The van der Waals surface area contributed by atoms with Crippen LogP contribution < -0.4 is 20.7 Å². The number of para-hydroxylation sites is 1. The van der Waals surface area contributed by atoms with E-state index in [1.165, 1.54) is 17.0 Å². The number of phenolic OH excluding ortho intramolecular Hbond substituents is 1. The fourth-order valence-corrected chi connectivity index (χ4v) is 5.81. The van der Waals surface area contributed by atoms with E-state index < -0.39 is 29.8 Å². The highest BCUT2D eigenvalue weighted by Gasteiger charge is 2.28. The van der Waals surface area contributed by atoms with Gasteiger partial charge in [0, 0.05) is 45.9 Å². The van der Waals surface area contributed by atoms with E-state index in [0.29, 0.717) is 18.7 Å². The Morgan fingerprint density at radius 3 is 2.46 bits per heavy atom. The Bertz CT molecular complexity index is 1640. The predicted octanol–water partition coefficient (Wildman–Crippen LogP) is 2.29. The summed E-state index contributed by atoms with van der Waals surface area (Å²) in [6.45, 7) is 1.68. The van der Waals surface area contributed by atoms with Crippen LogP contribution >= 0.6 is 0 Å². The molecule has 2 aliphatic rings. The van der Waals surface area contributed by atoms with Gasteiger partial charge in [-0.2, -0.15) is 0 Å². The fraction of sp³-hybridized carbons (Fsp3) is 0.361. The molecule has 1 fully saturated rings. The molecule has 5 amide bonds. The zero-order valence-corrected chi connectivity index (χ0v) is 26.9. The summed E-state index contributed by atoms with van der Waals surface area (Å²) in [6.07, 6.45) is 1.43. The van der Waals surface area contributed by atoms with E-state index in [4.69, 9.17) is 4.74 Å². The van der Waals surface area contributed by atoms with Crippen LogP contribution in [-0.4, -0.2) is 83.3 Å². The number of benzene rings is 3. The summed E-state index contributed by atoms with van der Waals surface area (Å²) in [5, 5.41) is 18.2. The first kappa shape index (κ1) is 34.0. The minimum Gasteiger partial charge on any atom is -0.508 e. The Kier molecular flexibility index (Phi) is 11.3. The number of hydrogen-bond acceptors (Lipinski definition) is 7. The molecule has 12 heteroatoms. The monoisotopic (exact) mass is 655 g/mol. The maximum atomic E-state index is 13.5. The molecule has 0 aliphatic carbocycles. The van der Waals surface area contributed by atoms with E-state index >= 15 is 0 Å². The van der Waals surface area contributed by atoms with Crippen molar-refractivity contribution in [2.75, 3.05) is 26.7 Å². The number of hydrogen-bond donors (Lipinski definition) is 4. The summed E-state index contributed by atoms with van der Waals surface area (Å²) in [6, 6.07) is 18.7. The van der Waals surface area contributed by atoms with E-state index in [2.05, 4.69) is 16.0 Å². The third-order valence-corrected chi connectivity index (χ3v) is 8.49. The molecule has 0 aromatic heterocycles. The summed E-state index contributed by atoms with van der Waals surface area (Å²) >= 11 is 0. The summed E-state index contributed by atoms with van der Waals surface area (Å²) in [5.41, 5.74) is 2.74. The predicted molar refractivity (Wildman–Crippen MR) is 177 cm³/mol. The lowest BCUT2D eigenvalue weighted by molar-refractivity contribution is -0.135. The second-order valence-electron chi connectivity index (χ2n) is 12.1. The first-order valence-corrected chi connectivity index (χ1v) is 16.1. The van der Waals surface area contributed by atoms with Crippen molar-refractivity contribution in [1.82, 2.24) is 25.8 Å². The number of aromatic hydroxyl groups is 1. The molecule has 1 saturated heterocycles. The van der Waals surface area contributed by atoms with Crippen LogP contribution in [0.25, 0.3) is 0 Å². The number of ether oxygens (including phenoxy) is 1. The highest BCUT2D eigenvalue weighted by molar-refractivity contribution is 6.00. The average Bonchev–Trinajstić information content (AvgIpc) is 3.49. The number of likely N-dealkylation sites (tertiary alicyclic amines) is 1. The minimum absolute atomic E-state index is 0.0283. The largest absolute Gasteiger partial charge is 0.508 e. The lowest BCUT2D eigenvalue weighted by Crippen LogP contribution is -2.50. The maximum absolute atomic E-state index is 13.5. The molecule has 0 radical (unpaired) electrons. The quantitative estimate of drug-likeness (QED) is 0.304. The van der Waals surface area contributed by atoms with Crippen molar-refractivity contribution in [3.8, 4) is 11.5 Å². The van der Waals surface area contributed by atoms with Crippen molar-refractivity contribution in [3.63, 3.8) is 0 Å². The van der Waals surface area contributed by atoms with Gasteiger partial charge in [-0.05, 0) is 53.8 Å². The van der Waals surface area contributed by atoms with Crippen molar-refractivity contribution in [2.24, 2.45) is 0 Å². The molecule has 4 N–H and O–H groups in total. The maximum Gasteiger partial charge on any atom is 0.255 e. The Morgan fingerprint density at radius 2 is 1.69 bits per heavy atom. The van der Waals surface area contributed by atoms with E-state index in [0.717, 1.165) is 29.7 Å². The normalized spacial score (nSPS) is 19.4. The molecule has 48 heavy (non-hydrogen) atoms. The molecule has 3 aromatic rings. The van der Waals surface area contributed by atoms with Crippen molar-refractivity contribution >= 4 is 29.5 Å². The van der Waals surface area contributed by atoms with E-state index in [1.54, 1.807) is 43.4 Å². The fourth-order valence-electron chi connectivity index (χ4n) is 5.81. The number of nitrogens with one attached hydrogen (secondary N) is 3. The molecule has 2 heterocycles. The smallest absolute Gasteiger partial charge is 0.255 e. The van der Waals surface area contributed by atoms with Gasteiger partial charge in [-0.15, -0.1) is 0 Å². The van der Waals surface area contributed by atoms with Gasteiger partial charge in [0.25, 0.3) is 5.91 Å². The molecular formula is C36H41N5O7. The van der Waals surface area contributed by atoms with Gasteiger partial charge >= 0.3 is 0 Å². The highest BCUT2D eigenvalue weighted by Crippen LogP contribution is 2.20. The van der Waals surface area contributed by atoms with Crippen molar-refractivity contribution in [2.45, 2.75) is 57.3 Å². The third kappa shape index (κ3) is 9.11. The van der Waals surface area contributed by atoms with Gasteiger partial charge in [0.15, 0.2) is 0 Å². The van der Waals surface area contributed by atoms with Crippen LogP contribution in [0.1, 0.15) is 52.7 Å². The third-order valence-electron chi connectivity index (χ3n) is 8.49. The summed E-state index contributed by atoms with van der Waals surface area (Å²) in [7, 11) is 1.61. The van der Waals surface area contributed by atoms with Gasteiger partial charge in [0.05, 0.1) is 12.1 Å². The molecule has 2 atom stereocenters. The lowest BCUT2D eigenvalue weighted by Gasteiger charge is -2.25. The number of nitrogens with zero attached hydrogens (tertiary/aromatic N) is 2. The highest BCUT2D eigenvalue weighted by atomic mass is 16.5. The van der Waals surface area contributed by atoms with Gasteiger partial charge in [-0.3, -0.25) is 24.0 Å². The number of rotatable bonds is 7. The van der Waals surface area contributed by atoms with E-state index in [1.807, 2.05) is 29.2 Å². The molecule has 0 bridgehead atoms. The molecule has 0 saturated carbocycles. The summed E-state index contributed by atoms with van der Waals surface area (Å²) < 4.78 is 5.91. The second-order valence-corrected chi connectivity index (χ2v) is 12.1. The minimum atomic E-state index is -1.07. The Balaban J connectivity index is 1.32. The molecule has 5 rings (SSSR count). The number of carbonyl (C=O) groups is 5. The number of likely N-dealkylation sites (N-methyl/N-ethyl adjacent to an activating group) is 1. The first-order chi connectivity index (χ1) is 23.2. The van der Waals surface area contributed by atoms with Crippen LogP contribution in [-0.2, 0) is 38.7 Å². The van der Waals surface area contributed by atoms with Crippen LogP contribution in [0.5, 0.6) is 11.5 Å². The van der Waals surface area contributed by atoms with E-state index in [-0.39, 0.29) is 62.1 Å². The van der Waals surface area contributed by atoms with Gasteiger partial charge in [-0.1, -0.05) is 48.5 Å². The van der Waals surface area contributed by atoms with Crippen LogP contribution in [0.15, 0.2) is 72.8 Å². The second kappa shape index (κ2) is 15.9. The number of carbonyl (C=O) groups excluding carboxylic acids is 5. The van der Waals surface area contributed by atoms with Crippen molar-refractivity contribution < 1.29 is 33.8 Å². The molecule has 3 aromatic carbocycles. The lowest BCUT2D eigenvalue weighted by atomic mass is 10.0. The molecule has 252 valence electrons. The SMILES string of the molecule is CN1CCOc2ccccc2C(=O)N[C@H](C(=O)NCc2cccc(CN3CCCC3=O)c2)CCC(=O)N[C@@H](Cc2ccc(O)cc2)C1=O. The van der Waals surface area contributed by atoms with Crippen molar-refractivity contribution in [1.29, 1.82) is 0 Å². The van der Waals surface area contributed by atoms with Crippen LogP contribution in [0.4, 0.5) is 0 Å². The van der Waals surface area contributed by atoms with Gasteiger partial charge < -0.3 is 35.6 Å². The molecule has 0 spiro atoms. The Morgan fingerprint density at radius 1 is 0.917 bits per heavy atom. The van der Waals surface area contributed by atoms with Crippen LogP contribution in [0, 0.1) is 0 Å². The number of amides is 5. The zero-order chi connectivity index (χ0) is 34.0. The van der Waals surface area contributed by atoms with E-state index in [9.17, 15) is 29.1 Å². The van der Waals surface area contributed by atoms with Crippen LogP contribution in [0.3, 0.4) is 0 Å². The number of fused-ring (bicyclic) bond motifs is 1. The van der Waals surface area contributed by atoms with Crippen molar-refractivity contribution in [3.05, 3.63) is 95.1 Å². The Labute approximate surface area is 279 Å². The number of phenols is 1. The topological polar surface area (TPSA) is 157 Å². The van der Waals surface area contributed by atoms with Gasteiger partial charge in [0.2, 0.25) is 23.6 Å². The summed E-state index contributed by atoms with van der Waals surface area (Å²) in [4.78, 5) is 69.1. The molecule has 0 unspecified atom stereocenters. The standard InChI is InChI=1S/C36H41N5O7/c1-40-18-19-48-31-9-3-2-8-28(31)34(45)39-29(15-16-32(43)38-30(36(40)47)21-24-11-13-27(42)14-12-24)35(46)37-22-25-6-4-7-26(20-25)23-41-17-5-10-33(41)44/h2-4,6-9,11-14,20,29-30,42H,5,10,15-19,21-23H2,1H3,(H,37,46)(H,38,43)(H,39,45)/t29-,30-/m0/s1. The molecule has 2 aliphatic heterocycles. The molecule has 12 nitrogen and oxygen atoms in total. The van der Waals surface area contributed by atoms with Gasteiger partial charge in [-0.25, -0.2) is 0 Å². The summed E-state index contributed by atoms with van der Waals surface area (Å²) in [5.74, 6) is -1.28. The Hall–Kier alpha value is -5.39. The van der Waals surface area contributed by atoms with Crippen LogP contribution in [0.2, 0.25) is 0 Å².